The molecule has 2 aliphatic rings. The number of ketones is 1. The lowest BCUT2D eigenvalue weighted by Crippen LogP contribution is -2.41. The fourth-order valence-electron chi connectivity index (χ4n) is 3.05. The fraction of sp³-hybridized carbons (Fsp3) is 0.562. The van der Waals surface area contributed by atoms with Crippen molar-refractivity contribution < 1.29 is 9.53 Å². The van der Waals surface area contributed by atoms with Crippen molar-refractivity contribution in [3.05, 3.63) is 18.2 Å². The maximum Gasteiger partial charge on any atom is 0.145 e. The van der Waals surface area contributed by atoms with Gasteiger partial charge in [0.25, 0.3) is 0 Å². The number of nitrogen functional groups attached to an aromatic ring is 1. The van der Waals surface area contributed by atoms with Crippen LogP contribution in [-0.2, 0) is 4.79 Å². The summed E-state index contributed by atoms with van der Waals surface area (Å²) in [7, 11) is 1.63. The summed E-state index contributed by atoms with van der Waals surface area (Å²) in [5.41, 5.74) is 7.23. The van der Waals surface area contributed by atoms with E-state index in [0.29, 0.717) is 18.0 Å². The van der Waals surface area contributed by atoms with Crippen molar-refractivity contribution in [2.45, 2.75) is 19.3 Å². The van der Waals surface area contributed by atoms with E-state index in [1.807, 2.05) is 18.2 Å². The average Bonchev–Trinajstić information content (AvgIpc) is 3.24. The summed E-state index contributed by atoms with van der Waals surface area (Å²) in [5.74, 6) is 1.47. The molecule has 0 amide bonds. The van der Waals surface area contributed by atoms with Gasteiger partial charge in [0.05, 0.1) is 23.9 Å². The number of nitrogens with one attached hydrogen (secondary N) is 2. The monoisotopic (exact) mass is 289 g/mol. The summed E-state index contributed by atoms with van der Waals surface area (Å²) in [6.07, 6.45) is 3.02. The summed E-state index contributed by atoms with van der Waals surface area (Å²) in [4.78, 5) is 12.6. The van der Waals surface area contributed by atoms with Crippen molar-refractivity contribution in [1.29, 1.82) is 0 Å². The van der Waals surface area contributed by atoms with Gasteiger partial charge in [-0.2, -0.15) is 0 Å². The minimum atomic E-state index is -0.281. The van der Waals surface area contributed by atoms with Crippen LogP contribution in [0.1, 0.15) is 19.3 Å². The van der Waals surface area contributed by atoms with Crippen LogP contribution < -0.4 is 21.1 Å². The van der Waals surface area contributed by atoms with E-state index in [0.717, 1.165) is 43.8 Å². The summed E-state index contributed by atoms with van der Waals surface area (Å²) in [6.45, 7) is 2.31. The molecule has 114 valence electrons. The molecule has 0 aromatic heterocycles. The number of anilines is 2. The van der Waals surface area contributed by atoms with Gasteiger partial charge in [-0.1, -0.05) is 0 Å². The van der Waals surface area contributed by atoms with E-state index in [2.05, 4.69) is 10.6 Å². The molecule has 2 fully saturated rings. The van der Waals surface area contributed by atoms with Gasteiger partial charge in [-0.3, -0.25) is 4.79 Å². The molecule has 21 heavy (non-hydrogen) atoms. The third-order valence-corrected chi connectivity index (χ3v) is 4.59. The Morgan fingerprint density at radius 2 is 2.33 bits per heavy atom. The molecule has 0 unspecified atom stereocenters. The van der Waals surface area contributed by atoms with Crippen molar-refractivity contribution in [2.24, 2.45) is 11.3 Å². The molecule has 0 radical (unpaired) electrons. The molecule has 4 N–H and O–H groups in total. The number of rotatable bonds is 6. The van der Waals surface area contributed by atoms with Crippen LogP contribution in [0.5, 0.6) is 5.75 Å². The van der Waals surface area contributed by atoms with Crippen LogP contribution in [0.3, 0.4) is 0 Å². The predicted octanol–water partition coefficient (Wildman–Crippen LogP) is 1.65. The van der Waals surface area contributed by atoms with Crippen LogP contribution >= 0.6 is 0 Å². The molecule has 1 heterocycles. The highest BCUT2D eigenvalue weighted by atomic mass is 16.5. The molecule has 0 spiro atoms. The van der Waals surface area contributed by atoms with Crippen molar-refractivity contribution in [1.82, 2.24) is 5.32 Å². The Labute approximate surface area is 125 Å². The molecule has 1 aromatic rings. The highest BCUT2D eigenvalue weighted by molar-refractivity contribution is 5.90. The highest BCUT2D eigenvalue weighted by Crippen LogP contribution is 2.40. The number of hydrogen-bond donors (Lipinski definition) is 3. The van der Waals surface area contributed by atoms with Gasteiger partial charge in [-0.15, -0.1) is 0 Å². The lowest BCUT2D eigenvalue weighted by molar-refractivity contribution is -0.128. The molecular weight excluding hydrogens is 266 g/mol. The number of carbonyl (C=O) groups excluding carboxylic acids is 1. The first kappa shape index (κ1) is 14.2. The third kappa shape index (κ3) is 2.83. The number of Topliss-reactive ketones (excluding diaryl/α,β-unsaturated/α-hetero) is 1. The Kier molecular flexibility index (Phi) is 3.76. The molecule has 1 aliphatic carbocycles. The summed E-state index contributed by atoms with van der Waals surface area (Å²) >= 11 is 0. The van der Waals surface area contributed by atoms with Gasteiger partial charge in [-0.05, 0) is 37.9 Å². The third-order valence-electron chi connectivity index (χ3n) is 4.59. The van der Waals surface area contributed by atoms with Crippen LogP contribution in [0.15, 0.2) is 18.2 Å². The van der Waals surface area contributed by atoms with E-state index in [1.165, 1.54) is 0 Å². The van der Waals surface area contributed by atoms with Gasteiger partial charge in [-0.25, -0.2) is 0 Å². The van der Waals surface area contributed by atoms with Gasteiger partial charge >= 0.3 is 0 Å². The maximum atomic E-state index is 12.6. The zero-order valence-corrected chi connectivity index (χ0v) is 12.4. The fourth-order valence-corrected chi connectivity index (χ4v) is 3.05. The van der Waals surface area contributed by atoms with Crippen molar-refractivity contribution in [2.75, 3.05) is 37.8 Å². The standard InChI is InChI=1S/C16H23N3O2/c1-21-12-4-5-13(17)14(8-12)19-10-16(6-7-18-9-16)15(20)11-2-3-11/h4-5,8,11,18-19H,2-3,6-7,9-10,17H2,1H3/t16-/m0/s1. The van der Waals surface area contributed by atoms with Crippen LogP contribution in [0.2, 0.25) is 0 Å². The molecule has 5 nitrogen and oxygen atoms in total. The first-order valence-corrected chi connectivity index (χ1v) is 7.57. The second-order valence-corrected chi connectivity index (χ2v) is 6.15. The largest absolute Gasteiger partial charge is 0.497 e. The maximum absolute atomic E-state index is 12.6. The average molecular weight is 289 g/mol. The topological polar surface area (TPSA) is 76.4 Å². The van der Waals surface area contributed by atoms with Crippen molar-refractivity contribution in [3.8, 4) is 5.75 Å². The van der Waals surface area contributed by atoms with Gasteiger partial charge < -0.3 is 21.1 Å². The quantitative estimate of drug-likeness (QED) is 0.694. The molecule has 1 saturated carbocycles. The number of hydrogen-bond acceptors (Lipinski definition) is 5. The van der Waals surface area contributed by atoms with Crippen LogP contribution in [-0.4, -0.2) is 32.5 Å². The first-order valence-electron chi connectivity index (χ1n) is 7.57. The normalized spacial score (nSPS) is 24.8. The molecule has 1 aliphatic heterocycles. The Hall–Kier alpha value is -1.75. The minimum absolute atomic E-state index is 0.281. The zero-order valence-electron chi connectivity index (χ0n) is 12.4. The van der Waals surface area contributed by atoms with Crippen LogP contribution in [0, 0.1) is 11.3 Å². The van der Waals surface area contributed by atoms with Crippen LogP contribution in [0.4, 0.5) is 11.4 Å². The lowest BCUT2D eigenvalue weighted by atomic mass is 9.80. The molecule has 1 saturated heterocycles. The Bertz CT molecular complexity index is 534. The van der Waals surface area contributed by atoms with Gasteiger partial charge in [0.1, 0.15) is 11.5 Å². The van der Waals surface area contributed by atoms with E-state index >= 15 is 0 Å². The van der Waals surface area contributed by atoms with E-state index in [1.54, 1.807) is 7.11 Å². The summed E-state index contributed by atoms with van der Waals surface area (Å²) in [6, 6.07) is 5.54. The van der Waals surface area contributed by atoms with Gasteiger partial charge in [0.2, 0.25) is 0 Å². The Morgan fingerprint density at radius 1 is 1.52 bits per heavy atom. The van der Waals surface area contributed by atoms with E-state index in [9.17, 15) is 4.79 Å². The highest BCUT2D eigenvalue weighted by Gasteiger charge is 2.47. The minimum Gasteiger partial charge on any atom is -0.497 e. The van der Waals surface area contributed by atoms with E-state index in [-0.39, 0.29) is 11.3 Å². The molecule has 0 bridgehead atoms. The molecule has 5 heteroatoms. The Morgan fingerprint density at radius 3 is 2.95 bits per heavy atom. The molecule has 1 aromatic carbocycles. The smallest absolute Gasteiger partial charge is 0.145 e. The van der Waals surface area contributed by atoms with Gasteiger partial charge in [0.15, 0.2) is 0 Å². The second-order valence-electron chi connectivity index (χ2n) is 6.15. The number of methoxy groups -OCH3 is 1. The first-order chi connectivity index (χ1) is 10.1. The number of carbonyl (C=O) groups is 1. The molecular formula is C16H23N3O2. The van der Waals surface area contributed by atoms with Crippen LogP contribution in [0.25, 0.3) is 0 Å². The summed E-state index contributed by atoms with van der Waals surface area (Å²) in [5, 5.41) is 6.70. The predicted molar refractivity (Wildman–Crippen MR) is 83.5 cm³/mol. The number of nitrogens with two attached hydrogens (primary N) is 1. The SMILES string of the molecule is COc1ccc(N)c(NC[C@]2(C(=O)C3CC3)CCNC2)c1. The van der Waals surface area contributed by atoms with Gasteiger partial charge in [0, 0.05) is 25.1 Å². The lowest BCUT2D eigenvalue weighted by Gasteiger charge is -2.28. The van der Waals surface area contributed by atoms with Crippen molar-refractivity contribution >= 4 is 17.2 Å². The second kappa shape index (κ2) is 5.56. The zero-order chi connectivity index (χ0) is 14.9. The van der Waals surface area contributed by atoms with E-state index in [4.69, 9.17) is 10.5 Å². The molecule has 3 rings (SSSR count). The van der Waals surface area contributed by atoms with Crippen molar-refractivity contribution in [3.63, 3.8) is 0 Å². The number of benzene rings is 1. The number of ether oxygens (including phenoxy) is 1. The van der Waals surface area contributed by atoms with E-state index < -0.39 is 0 Å². The molecule has 1 atom stereocenters. The Balaban J connectivity index is 1.74. The summed E-state index contributed by atoms with van der Waals surface area (Å²) < 4.78 is 5.23.